The van der Waals surface area contributed by atoms with Crippen molar-refractivity contribution in [2.75, 3.05) is 6.54 Å². The number of aryl methyl sites for hydroxylation is 2. The Bertz CT molecular complexity index is 623. The fourth-order valence-corrected chi connectivity index (χ4v) is 2.45. The Morgan fingerprint density at radius 1 is 1.24 bits per heavy atom. The maximum atomic E-state index is 6.12. The quantitative estimate of drug-likeness (QED) is 0.879. The average molecular weight is 284 g/mol. The second-order valence-corrected chi connectivity index (χ2v) is 5.48. The number of aromatic nitrogens is 1. The molecule has 1 aromatic heterocycles. The van der Waals surface area contributed by atoms with Gasteiger partial charge in [-0.2, -0.15) is 0 Å². The predicted molar refractivity (Wildman–Crippen MR) is 87.1 cm³/mol. The fourth-order valence-electron chi connectivity index (χ4n) is 2.45. The summed E-state index contributed by atoms with van der Waals surface area (Å²) in [6.07, 6.45) is 1.77. The Kier molecular flexibility index (Phi) is 4.97. The van der Waals surface area contributed by atoms with E-state index in [4.69, 9.17) is 4.74 Å². The Morgan fingerprint density at radius 2 is 2.00 bits per heavy atom. The number of benzene rings is 1. The summed E-state index contributed by atoms with van der Waals surface area (Å²) in [5.41, 5.74) is 4.68. The zero-order chi connectivity index (χ0) is 15.4. The first kappa shape index (κ1) is 15.5. The lowest BCUT2D eigenvalue weighted by Crippen LogP contribution is -2.18. The van der Waals surface area contributed by atoms with E-state index in [0.29, 0.717) is 5.88 Å². The van der Waals surface area contributed by atoms with Crippen LogP contribution in [0, 0.1) is 20.8 Å². The number of hydrogen-bond acceptors (Lipinski definition) is 3. The van der Waals surface area contributed by atoms with Gasteiger partial charge in [-0.15, -0.1) is 0 Å². The number of rotatable bonds is 5. The molecule has 2 aromatic rings. The summed E-state index contributed by atoms with van der Waals surface area (Å²) in [7, 11) is 0. The number of nitrogens with zero attached hydrogens (tertiary/aromatic N) is 1. The molecule has 3 heteroatoms. The van der Waals surface area contributed by atoms with E-state index in [1.807, 2.05) is 6.07 Å². The highest BCUT2D eigenvalue weighted by atomic mass is 16.5. The maximum absolute atomic E-state index is 6.12. The minimum absolute atomic E-state index is 0.213. The summed E-state index contributed by atoms with van der Waals surface area (Å²) < 4.78 is 6.12. The van der Waals surface area contributed by atoms with Crippen LogP contribution in [-0.2, 0) is 0 Å². The second kappa shape index (κ2) is 6.72. The maximum Gasteiger partial charge on any atom is 0.223 e. The highest BCUT2D eigenvalue weighted by Crippen LogP contribution is 2.31. The largest absolute Gasteiger partial charge is 0.438 e. The van der Waals surface area contributed by atoms with Crippen LogP contribution in [0.25, 0.3) is 0 Å². The molecular weight excluding hydrogens is 260 g/mol. The van der Waals surface area contributed by atoms with Gasteiger partial charge in [0.2, 0.25) is 5.88 Å². The first-order valence-electron chi connectivity index (χ1n) is 7.47. The van der Waals surface area contributed by atoms with Gasteiger partial charge in [-0.1, -0.05) is 19.1 Å². The molecule has 3 nitrogen and oxygen atoms in total. The van der Waals surface area contributed by atoms with Crippen LogP contribution in [0.2, 0.25) is 0 Å². The summed E-state index contributed by atoms with van der Waals surface area (Å²) in [5.74, 6) is 1.56. The van der Waals surface area contributed by atoms with Crippen molar-refractivity contribution in [2.45, 2.75) is 40.7 Å². The van der Waals surface area contributed by atoms with Crippen LogP contribution >= 0.6 is 0 Å². The summed E-state index contributed by atoms with van der Waals surface area (Å²) in [6, 6.07) is 8.46. The lowest BCUT2D eigenvalue weighted by molar-refractivity contribution is 0.440. The standard InChI is InChI=1S/C18H24N2O/c1-6-19-15(5)16-8-7-9-20-18(16)21-17-11-12(2)10-13(3)14(17)4/h7-11,15,19H,6H2,1-5H3. The van der Waals surface area contributed by atoms with Gasteiger partial charge < -0.3 is 10.1 Å². The molecule has 1 unspecified atom stereocenters. The number of hydrogen-bond donors (Lipinski definition) is 1. The number of nitrogens with one attached hydrogen (secondary N) is 1. The topological polar surface area (TPSA) is 34.2 Å². The molecule has 0 aliphatic rings. The zero-order valence-electron chi connectivity index (χ0n) is 13.5. The minimum atomic E-state index is 0.213. The Labute approximate surface area is 127 Å². The van der Waals surface area contributed by atoms with E-state index in [1.54, 1.807) is 6.20 Å². The smallest absolute Gasteiger partial charge is 0.223 e. The van der Waals surface area contributed by atoms with Crippen LogP contribution in [0.1, 0.15) is 42.1 Å². The molecule has 0 bridgehead atoms. The van der Waals surface area contributed by atoms with E-state index in [1.165, 1.54) is 11.1 Å². The van der Waals surface area contributed by atoms with Crippen LogP contribution in [0.5, 0.6) is 11.6 Å². The van der Waals surface area contributed by atoms with Gasteiger partial charge in [0, 0.05) is 17.8 Å². The molecule has 0 saturated heterocycles. The van der Waals surface area contributed by atoms with Crippen molar-refractivity contribution in [3.8, 4) is 11.6 Å². The number of ether oxygens (including phenoxy) is 1. The Morgan fingerprint density at radius 3 is 2.71 bits per heavy atom. The molecule has 2 rings (SSSR count). The molecule has 112 valence electrons. The monoisotopic (exact) mass is 284 g/mol. The van der Waals surface area contributed by atoms with Crippen LogP contribution in [-0.4, -0.2) is 11.5 Å². The van der Waals surface area contributed by atoms with E-state index < -0.39 is 0 Å². The van der Waals surface area contributed by atoms with E-state index in [0.717, 1.165) is 23.4 Å². The van der Waals surface area contributed by atoms with Gasteiger partial charge in [0.05, 0.1) is 0 Å². The second-order valence-electron chi connectivity index (χ2n) is 5.48. The first-order valence-corrected chi connectivity index (χ1v) is 7.47. The molecule has 0 aliphatic heterocycles. The Hall–Kier alpha value is -1.87. The fraction of sp³-hybridized carbons (Fsp3) is 0.389. The van der Waals surface area contributed by atoms with E-state index >= 15 is 0 Å². The molecule has 0 aliphatic carbocycles. The van der Waals surface area contributed by atoms with Crippen molar-refractivity contribution in [1.29, 1.82) is 0 Å². The van der Waals surface area contributed by atoms with Crippen molar-refractivity contribution in [3.63, 3.8) is 0 Å². The van der Waals surface area contributed by atoms with Crippen LogP contribution in [0.3, 0.4) is 0 Å². The molecule has 0 saturated carbocycles. The lowest BCUT2D eigenvalue weighted by atomic mass is 10.1. The normalized spacial score (nSPS) is 12.2. The van der Waals surface area contributed by atoms with Gasteiger partial charge in [-0.05, 0) is 63.1 Å². The molecule has 0 spiro atoms. The van der Waals surface area contributed by atoms with Gasteiger partial charge in [0.15, 0.2) is 0 Å². The summed E-state index contributed by atoms with van der Waals surface area (Å²) in [4.78, 5) is 4.42. The van der Waals surface area contributed by atoms with Crippen molar-refractivity contribution in [1.82, 2.24) is 10.3 Å². The summed E-state index contributed by atoms with van der Waals surface area (Å²) >= 11 is 0. The van der Waals surface area contributed by atoms with Gasteiger partial charge >= 0.3 is 0 Å². The molecular formula is C18H24N2O. The summed E-state index contributed by atoms with van der Waals surface area (Å²) in [5, 5.41) is 3.41. The highest BCUT2D eigenvalue weighted by Gasteiger charge is 2.14. The van der Waals surface area contributed by atoms with Crippen molar-refractivity contribution in [3.05, 3.63) is 52.7 Å². The van der Waals surface area contributed by atoms with Gasteiger partial charge in [-0.25, -0.2) is 4.98 Å². The molecule has 0 radical (unpaired) electrons. The molecule has 0 amide bonds. The highest BCUT2D eigenvalue weighted by molar-refractivity contribution is 5.44. The van der Waals surface area contributed by atoms with E-state index in [9.17, 15) is 0 Å². The van der Waals surface area contributed by atoms with Crippen LogP contribution in [0.15, 0.2) is 30.5 Å². The molecule has 1 atom stereocenters. The zero-order valence-corrected chi connectivity index (χ0v) is 13.5. The predicted octanol–water partition coefficient (Wildman–Crippen LogP) is 4.47. The van der Waals surface area contributed by atoms with Gasteiger partial charge in [-0.3, -0.25) is 0 Å². The SMILES string of the molecule is CCNC(C)c1cccnc1Oc1cc(C)cc(C)c1C. The van der Waals surface area contributed by atoms with Crippen molar-refractivity contribution < 1.29 is 4.74 Å². The van der Waals surface area contributed by atoms with E-state index in [2.05, 4.69) is 63.1 Å². The first-order chi connectivity index (χ1) is 10.0. The molecule has 21 heavy (non-hydrogen) atoms. The third-order valence-corrected chi connectivity index (χ3v) is 3.75. The minimum Gasteiger partial charge on any atom is -0.438 e. The van der Waals surface area contributed by atoms with Gasteiger partial charge in [0.1, 0.15) is 5.75 Å². The lowest BCUT2D eigenvalue weighted by Gasteiger charge is -2.18. The third-order valence-electron chi connectivity index (χ3n) is 3.75. The molecule has 1 aromatic carbocycles. The Balaban J connectivity index is 2.36. The molecule has 1 heterocycles. The van der Waals surface area contributed by atoms with E-state index in [-0.39, 0.29) is 6.04 Å². The van der Waals surface area contributed by atoms with Crippen molar-refractivity contribution >= 4 is 0 Å². The summed E-state index contributed by atoms with van der Waals surface area (Å²) in [6.45, 7) is 11.4. The third kappa shape index (κ3) is 3.61. The van der Waals surface area contributed by atoms with Crippen molar-refractivity contribution in [2.24, 2.45) is 0 Å². The van der Waals surface area contributed by atoms with Crippen LogP contribution < -0.4 is 10.1 Å². The molecule has 1 N–H and O–H groups in total. The van der Waals surface area contributed by atoms with Crippen LogP contribution in [0.4, 0.5) is 0 Å². The van der Waals surface area contributed by atoms with Gasteiger partial charge in [0.25, 0.3) is 0 Å². The molecule has 0 fully saturated rings. The number of pyridine rings is 1. The average Bonchev–Trinajstić information content (AvgIpc) is 2.45.